The summed E-state index contributed by atoms with van der Waals surface area (Å²) >= 11 is 0. The van der Waals surface area contributed by atoms with Crippen molar-refractivity contribution < 1.29 is 29.3 Å². The highest BCUT2D eigenvalue weighted by molar-refractivity contribution is 6.04. The van der Waals surface area contributed by atoms with Gasteiger partial charge in [0.2, 0.25) is 0 Å². The first kappa shape index (κ1) is 24.8. The summed E-state index contributed by atoms with van der Waals surface area (Å²) in [5.41, 5.74) is 8.04. The number of anilines is 1. The molecule has 0 spiro atoms. The number of carbonyl (C=O) groups is 3. The molecule has 0 radical (unpaired) electrons. The van der Waals surface area contributed by atoms with Gasteiger partial charge in [0, 0.05) is 11.3 Å². The van der Waals surface area contributed by atoms with Gasteiger partial charge in [-0.05, 0) is 41.8 Å². The van der Waals surface area contributed by atoms with Crippen LogP contribution in [0.3, 0.4) is 0 Å². The Morgan fingerprint density at radius 2 is 1.63 bits per heavy atom. The van der Waals surface area contributed by atoms with Crippen LogP contribution in [-0.2, 0) is 27.4 Å². The van der Waals surface area contributed by atoms with Crippen LogP contribution in [0.5, 0.6) is 0 Å². The minimum absolute atomic E-state index is 0.174. The Balaban J connectivity index is 0.00000218. The molecule has 0 saturated carbocycles. The lowest BCUT2D eigenvalue weighted by Crippen LogP contribution is -2.47. The van der Waals surface area contributed by atoms with Crippen molar-refractivity contribution in [3.63, 3.8) is 0 Å². The van der Waals surface area contributed by atoms with Crippen LogP contribution in [0, 0.1) is 0 Å². The highest BCUT2D eigenvalue weighted by Gasteiger charge is 2.31. The minimum atomic E-state index is -1.69. The Kier molecular flexibility index (Phi) is 10.2. The Morgan fingerprint density at radius 1 is 1.00 bits per heavy atom. The van der Waals surface area contributed by atoms with Crippen LogP contribution in [0.15, 0.2) is 48.5 Å². The molecule has 0 heterocycles. The molecule has 2 atom stereocenters. The first-order valence-corrected chi connectivity index (χ1v) is 9.63. The van der Waals surface area contributed by atoms with E-state index in [0.29, 0.717) is 16.8 Å². The molecular formula is C22H28N2O6. The smallest absolute Gasteiger partial charge is 0.335 e. The first-order chi connectivity index (χ1) is 14.3. The van der Waals surface area contributed by atoms with E-state index in [4.69, 9.17) is 20.7 Å². The van der Waals surface area contributed by atoms with Crippen LogP contribution >= 0.6 is 0 Å². The lowest BCUT2D eigenvalue weighted by Gasteiger charge is -2.17. The number of hydrogen-bond donors (Lipinski definition) is 4. The predicted molar refractivity (Wildman–Crippen MR) is 113 cm³/mol. The molecule has 0 fully saturated rings. The molecule has 0 aromatic heterocycles. The van der Waals surface area contributed by atoms with Crippen molar-refractivity contribution >= 4 is 23.5 Å². The zero-order chi connectivity index (χ0) is 22.7. The van der Waals surface area contributed by atoms with Crippen LogP contribution in [0.1, 0.15) is 42.3 Å². The minimum Gasteiger partial charge on any atom is -0.480 e. The zero-order valence-corrected chi connectivity index (χ0v) is 17.3. The molecule has 162 valence electrons. The van der Waals surface area contributed by atoms with Gasteiger partial charge in [-0.15, -0.1) is 0 Å². The Morgan fingerprint density at radius 3 is 2.17 bits per heavy atom. The Bertz CT molecular complexity index is 851. The largest absolute Gasteiger partial charge is 0.480 e. The maximum atomic E-state index is 12.3. The number of amides is 1. The van der Waals surface area contributed by atoms with Gasteiger partial charge < -0.3 is 26.0 Å². The number of aryl methyl sites for hydroxylation is 1. The molecule has 8 nitrogen and oxygen atoms in total. The molecular weight excluding hydrogens is 388 g/mol. The van der Waals surface area contributed by atoms with E-state index in [1.807, 2.05) is 32.9 Å². The third kappa shape index (κ3) is 7.31. The van der Waals surface area contributed by atoms with Gasteiger partial charge in [0.25, 0.3) is 5.91 Å². The predicted octanol–water partition coefficient (Wildman–Crippen LogP) is 2.91. The van der Waals surface area contributed by atoms with E-state index in [1.165, 1.54) is 0 Å². The van der Waals surface area contributed by atoms with E-state index in [9.17, 15) is 14.4 Å². The third-order valence-electron chi connectivity index (χ3n) is 4.09. The van der Waals surface area contributed by atoms with Gasteiger partial charge in [-0.3, -0.25) is 9.59 Å². The van der Waals surface area contributed by atoms with Gasteiger partial charge >= 0.3 is 11.9 Å². The van der Waals surface area contributed by atoms with Gasteiger partial charge in [-0.25, -0.2) is 4.79 Å². The van der Waals surface area contributed by atoms with E-state index in [0.717, 1.165) is 12.0 Å². The van der Waals surface area contributed by atoms with Crippen molar-refractivity contribution in [2.75, 3.05) is 5.32 Å². The number of carbonyl (C=O) groups excluding carboxylic acids is 1. The molecule has 2 aromatic rings. The molecule has 2 aromatic carbocycles. The topological polar surface area (TPSA) is 139 Å². The highest BCUT2D eigenvalue weighted by Crippen LogP contribution is 2.15. The van der Waals surface area contributed by atoms with Crippen molar-refractivity contribution in [3.8, 4) is 0 Å². The molecule has 30 heavy (non-hydrogen) atoms. The number of ether oxygens (including phenoxy) is 1. The summed E-state index contributed by atoms with van der Waals surface area (Å²) in [6, 6.07) is 12.2. The lowest BCUT2D eigenvalue weighted by atomic mass is 10.1. The molecule has 2 rings (SSSR count). The number of hydrogen-bond acceptors (Lipinski definition) is 5. The second-order valence-electron chi connectivity index (χ2n) is 6.14. The molecule has 0 unspecified atom stereocenters. The normalized spacial score (nSPS) is 12.1. The van der Waals surface area contributed by atoms with Crippen LogP contribution < -0.4 is 11.1 Å². The van der Waals surface area contributed by atoms with E-state index in [-0.39, 0.29) is 12.5 Å². The number of benzene rings is 2. The van der Waals surface area contributed by atoms with Gasteiger partial charge in [-0.2, -0.15) is 0 Å². The SMILES string of the molecule is CC.CCc1ccc(C(=O)Nc2cccc(CO[C@H](C(=O)O)[C@H](N)C(=O)O)c2)cc1. The average Bonchev–Trinajstić information content (AvgIpc) is 2.75. The quantitative estimate of drug-likeness (QED) is 0.493. The Hall–Kier alpha value is -3.23. The summed E-state index contributed by atoms with van der Waals surface area (Å²) in [5, 5.41) is 20.7. The van der Waals surface area contributed by atoms with E-state index in [1.54, 1.807) is 36.4 Å². The number of aliphatic carboxylic acids is 2. The summed E-state index contributed by atoms with van der Waals surface area (Å²) in [5.74, 6) is -3.21. The summed E-state index contributed by atoms with van der Waals surface area (Å²) in [4.78, 5) is 34.4. The second kappa shape index (κ2) is 12.4. The van der Waals surface area contributed by atoms with Crippen LogP contribution in [0.4, 0.5) is 5.69 Å². The number of rotatable bonds is 9. The third-order valence-corrected chi connectivity index (χ3v) is 4.09. The van der Waals surface area contributed by atoms with Crippen molar-refractivity contribution in [3.05, 3.63) is 65.2 Å². The van der Waals surface area contributed by atoms with Gasteiger partial charge in [0.1, 0.15) is 6.04 Å². The van der Waals surface area contributed by atoms with Gasteiger partial charge in [0.05, 0.1) is 6.61 Å². The monoisotopic (exact) mass is 416 g/mol. The molecule has 0 aliphatic rings. The number of nitrogens with one attached hydrogen (secondary N) is 1. The summed E-state index contributed by atoms with van der Waals surface area (Å²) < 4.78 is 5.16. The molecule has 8 heteroatoms. The van der Waals surface area contributed by atoms with Crippen LogP contribution in [0.25, 0.3) is 0 Å². The maximum Gasteiger partial charge on any atom is 0.335 e. The summed E-state index contributed by atoms with van der Waals surface area (Å²) in [7, 11) is 0. The number of carboxylic acid groups (broad SMARTS) is 2. The standard InChI is InChI=1S/C20H22N2O6.C2H6/c1-2-12-6-8-14(9-7-12)18(23)22-15-5-3-4-13(10-15)11-28-17(20(26)27)16(21)19(24)25;1-2/h3-10,16-17H,2,11,21H2,1H3,(H,22,23)(H,24,25)(H,26,27);1-2H3/t16-,17-;/m0./s1. The molecule has 0 bridgehead atoms. The molecule has 1 amide bonds. The maximum absolute atomic E-state index is 12.3. The van der Waals surface area contributed by atoms with Crippen molar-refractivity contribution in [2.45, 2.75) is 45.9 Å². The van der Waals surface area contributed by atoms with Gasteiger partial charge in [0.15, 0.2) is 6.10 Å². The summed E-state index contributed by atoms with van der Waals surface area (Å²) in [6.07, 6.45) is -0.805. The Labute approximate surface area is 175 Å². The molecule has 0 aliphatic carbocycles. The van der Waals surface area contributed by atoms with E-state index < -0.39 is 24.1 Å². The summed E-state index contributed by atoms with van der Waals surface area (Å²) in [6.45, 7) is 5.85. The van der Waals surface area contributed by atoms with Crippen molar-refractivity contribution in [2.24, 2.45) is 5.73 Å². The van der Waals surface area contributed by atoms with Crippen molar-refractivity contribution in [1.29, 1.82) is 0 Å². The van der Waals surface area contributed by atoms with Crippen LogP contribution in [-0.4, -0.2) is 40.2 Å². The molecule has 0 saturated heterocycles. The first-order valence-electron chi connectivity index (χ1n) is 9.63. The average molecular weight is 416 g/mol. The van der Waals surface area contributed by atoms with Crippen molar-refractivity contribution in [1.82, 2.24) is 0 Å². The second-order valence-corrected chi connectivity index (χ2v) is 6.14. The molecule has 0 aliphatic heterocycles. The van der Waals surface area contributed by atoms with E-state index in [2.05, 4.69) is 5.32 Å². The lowest BCUT2D eigenvalue weighted by molar-refractivity contribution is -0.159. The zero-order valence-electron chi connectivity index (χ0n) is 17.3. The number of nitrogens with two attached hydrogens (primary N) is 1. The molecule has 5 N–H and O–H groups in total. The van der Waals surface area contributed by atoms with Gasteiger partial charge in [-0.1, -0.05) is 45.0 Å². The van der Waals surface area contributed by atoms with E-state index >= 15 is 0 Å². The fourth-order valence-electron chi connectivity index (χ4n) is 2.48. The van der Waals surface area contributed by atoms with Crippen LogP contribution in [0.2, 0.25) is 0 Å². The number of carboxylic acids is 2. The fraction of sp³-hybridized carbons (Fsp3) is 0.318. The highest BCUT2D eigenvalue weighted by atomic mass is 16.5. The fourth-order valence-corrected chi connectivity index (χ4v) is 2.48.